The molecule has 1 heterocycles. The molecule has 2 aromatic carbocycles. The lowest BCUT2D eigenvalue weighted by atomic mass is 10.1. The third-order valence-electron chi connectivity index (χ3n) is 4.63. The molecule has 4 rings (SSSR count). The molecule has 0 spiro atoms. The predicted molar refractivity (Wildman–Crippen MR) is 87.9 cm³/mol. The van der Waals surface area contributed by atoms with Crippen molar-refractivity contribution < 1.29 is 14.2 Å². The van der Waals surface area contributed by atoms with Crippen molar-refractivity contribution in [2.75, 3.05) is 6.61 Å². The lowest BCUT2D eigenvalue weighted by molar-refractivity contribution is -0.152. The summed E-state index contributed by atoms with van der Waals surface area (Å²) in [6.07, 6.45) is 1.64. The first-order valence-electron chi connectivity index (χ1n) is 8.33. The van der Waals surface area contributed by atoms with Crippen LogP contribution >= 0.6 is 0 Å². The van der Waals surface area contributed by atoms with Crippen molar-refractivity contribution in [2.24, 2.45) is 5.92 Å². The topological polar surface area (TPSA) is 27.7 Å². The van der Waals surface area contributed by atoms with E-state index in [4.69, 9.17) is 14.2 Å². The van der Waals surface area contributed by atoms with Crippen LogP contribution in [0.15, 0.2) is 60.7 Å². The Labute approximate surface area is 137 Å². The van der Waals surface area contributed by atoms with Crippen LogP contribution in [0.4, 0.5) is 0 Å². The molecule has 4 atom stereocenters. The summed E-state index contributed by atoms with van der Waals surface area (Å²) >= 11 is 0. The molecule has 3 heteroatoms. The number of benzene rings is 2. The van der Waals surface area contributed by atoms with Gasteiger partial charge in [-0.25, -0.2) is 0 Å². The number of fused-ring (bicyclic) bond motifs is 1. The molecule has 2 fully saturated rings. The first-order chi connectivity index (χ1) is 11.4. The zero-order valence-corrected chi connectivity index (χ0v) is 13.1. The molecule has 23 heavy (non-hydrogen) atoms. The summed E-state index contributed by atoms with van der Waals surface area (Å²) in [5, 5.41) is 0. The van der Waals surface area contributed by atoms with Gasteiger partial charge in [-0.3, -0.25) is 0 Å². The maximum absolute atomic E-state index is 6.22. The maximum Gasteiger partial charge on any atom is 0.108 e. The van der Waals surface area contributed by atoms with Crippen LogP contribution in [-0.2, 0) is 27.4 Å². The second-order valence-corrected chi connectivity index (χ2v) is 6.37. The molecular formula is C20H22O3. The van der Waals surface area contributed by atoms with Gasteiger partial charge in [-0.05, 0) is 17.5 Å². The van der Waals surface area contributed by atoms with Gasteiger partial charge in [0.1, 0.15) is 6.10 Å². The van der Waals surface area contributed by atoms with Gasteiger partial charge >= 0.3 is 0 Å². The van der Waals surface area contributed by atoms with E-state index in [9.17, 15) is 0 Å². The minimum absolute atomic E-state index is 0.0164. The van der Waals surface area contributed by atoms with Crippen LogP contribution in [-0.4, -0.2) is 24.9 Å². The van der Waals surface area contributed by atoms with Gasteiger partial charge in [-0.1, -0.05) is 60.7 Å². The summed E-state index contributed by atoms with van der Waals surface area (Å²) in [6.45, 7) is 1.88. The molecular weight excluding hydrogens is 288 g/mol. The van der Waals surface area contributed by atoms with Crippen LogP contribution in [0.2, 0.25) is 0 Å². The Morgan fingerprint density at radius 3 is 2.09 bits per heavy atom. The van der Waals surface area contributed by atoms with Crippen LogP contribution in [0.1, 0.15) is 17.5 Å². The van der Waals surface area contributed by atoms with Crippen molar-refractivity contribution in [1.82, 2.24) is 0 Å². The van der Waals surface area contributed by atoms with Crippen molar-refractivity contribution in [2.45, 2.75) is 37.9 Å². The first kappa shape index (κ1) is 14.9. The highest BCUT2D eigenvalue weighted by molar-refractivity contribution is 5.14. The van der Waals surface area contributed by atoms with E-state index in [2.05, 4.69) is 24.3 Å². The van der Waals surface area contributed by atoms with E-state index in [1.54, 1.807) is 0 Å². The van der Waals surface area contributed by atoms with Gasteiger partial charge in [0.25, 0.3) is 0 Å². The van der Waals surface area contributed by atoms with Crippen molar-refractivity contribution in [3.63, 3.8) is 0 Å². The molecule has 120 valence electrons. The summed E-state index contributed by atoms with van der Waals surface area (Å²) in [5.74, 6) is 0.494. The molecule has 0 radical (unpaired) electrons. The zero-order valence-electron chi connectivity index (χ0n) is 13.1. The molecule has 1 aliphatic heterocycles. The number of hydrogen-bond donors (Lipinski definition) is 0. The Bertz CT molecular complexity index is 613. The SMILES string of the molecule is c1ccc(CO[C@@H]2[C@@H]3C[C@@H]3OC[C@@H]2OCc2ccccc2)cc1. The maximum atomic E-state index is 6.22. The average molecular weight is 310 g/mol. The average Bonchev–Trinajstić information content (AvgIpc) is 3.40. The van der Waals surface area contributed by atoms with Crippen LogP contribution < -0.4 is 0 Å². The summed E-state index contributed by atoms with van der Waals surface area (Å²) in [5.41, 5.74) is 2.39. The quantitative estimate of drug-likeness (QED) is 0.816. The summed E-state index contributed by atoms with van der Waals surface area (Å²) < 4.78 is 18.2. The van der Waals surface area contributed by atoms with E-state index in [-0.39, 0.29) is 12.2 Å². The van der Waals surface area contributed by atoms with Crippen molar-refractivity contribution in [3.8, 4) is 0 Å². The Hall–Kier alpha value is -1.68. The molecule has 0 N–H and O–H groups in total. The van der Waals surface area contributed by atoms with Crippen molar-refractivity contribution >= 4 is 0 Å². The van der Waals surface area contributed by atoms with E-state index in [1.807, 2.05) is 36.4 Å². The fourth-order valence-corrected chi connectivity index (χ4v) is 3.23. The van der Waals surface area contributed by atoms with Gasteiger partial charge in [0.15, 0.2) is 0 Å². The number of ether oxygens (including phenoxy) is 3. The monoisotopic (exact) mass is 310 g/mol. The van der Waals surface area contributed by atoms with Gasteiger partial charge < -0.3 is 14.2 Å². The van der Waals surface area contributed by atoms with Crippen molar-refractivity contribution in [3.05, 3.63) is 71.8 Å². The van der Waals surface area contributed by atoms with E-state index in [1.165, 1.54) is 11.1 Å². The Kier molecular flexibility index (Phi) is 4.42. The molecule has 1 aliphatic carbocycles. The largest absolute Gasteiger partial charge is 0.375 e. The van der Waals surface area contributed by atoms with Crippen LogP contribution in [0.5, 0.6) is 0 Å². The predicted octanol–water partition coefficient (Wildman–Crippen LogP) is 3.58. The van der Waals surface area contributed by atoms with E-state index >= 15 is 0 Å². The van der Waals surface area contributed by atoms with Crippen LogP contribution in [0, 0.1) is 5.92 Å². The second kappa shape index (κ2) is 6.83. The Morgan fingerprint density at radius 1 is 0.826 bits per heavy atom. The van der Waals surface area contributed by atoms with E-state index in [0.717, 1.165) is 6.42 Å². The Balaban J connectivity index is 1.36. The molecule has 2 aromatic rings. The third-order valence-corrected chi connectivity index (χ3v) is 4.63. The molecule has 1 saturated heterocycles. The molecule has 0 amide bonds. The fraction of sp³-hybridized carbons (Fsp3) is 0.400. The highest BCUT2D eigenvalue weighted by atomic mass is 16.6. The van der Waals surface area contributed by atoms with E-state index < -0.39 is 0 Å². The normalized spacial score (nSPS) is 29.0. The van der Waals surface area contributed by atoms with Crippen molar-refractivity contribution in [1.29, 1.82) is 0 Å². The molecule has 0 aromatic heterocycles. The van der Waals surface area contributed by atoms with Gasteiger partial charge in [-0.2, -0.15) is 0 Å². The van der Waals surface area contributed by atoms with Crippen LogP contribution in [0.3, 0.4) is 0 Å². The second-order valence-electron chi connectivity index (χ2n) is 6.37. The lowest BCUT2D eigenvalue weighted by Gasteiger charge is -2.31. The molecule has 2 aliphatic rings. The van der Waals surface area contributed by atoms with Crippen LogP contribution in [0.25, 0.3) is 0 Å². The smallest absolute Gasteiger partial charge is 0.108 e. The summed E-state index contributed by atoms with van der Waals surface area (Å²) in [4.78, 5) is 0. The van der Waals surface area contributed by atoms with E-state index in [0.29, 0.717) is 31.8 Å². The minimum Gasteiger partial charge on any atom is -0.375 e. The van der Waals surface area contributed by atoms with Gasteiger partial charge in [0.2, 0.25) is 0 Å². The fourth-order valence-electron chi connectivity index (χ4n) is 3.23. The molecule has 0 unspecified atom stereocenters. The standard InChI is InChI=1S/C20H22O3/c1-3-7-15(8-4-1)12-21-19-14-22-18-11-17(18)20(19)23-13-16-9-5-2-6-10-16/h1-10,17-20H,11-14H2/t17-,18+,19+,20-/m1/s1. The zero-order chi connectivity index (χ0) is 15.5. The van der Waals surface area contributed by atoms with Gasteiger partial charge in [0, 0.05) is 5.92 Å². The Morgan fingerprint density at radius 2 is 1.43 bits per heavy atom. The lowest BCUT2D eigenvalue weighted by Crippen LogP contribution is -2.41. The number of hydrogen-bond acceptors (Lipinski definition) is 3. The summed E-state index contributed by atoms with van der Waals surface area (Å²) in [7, 11) is 0. The van der Waals surface area contributed by atoms with Gasteiger partial charge in [0.05, 0.1) is 32.0 Å². The highest BCUT2D eigenvalue weighted by Crippen LogP contribution is 2.44. The molecule has 1 saturated carbocycles. The first-order valence-corrected chi connectivity index (χ1v) is 8.33. The van der Waals surface area contributed by atoms with Gasteiger partial charge in [-0.15, -0.1) is 0 Å². The molecule has 0 bridgehead atoms. The summed E-state index contributed by atoms with van der Waals surface area (Å²) in [6, 6.07) is 20.6. The highest BCUT2D eigenvalue weighted by Gasteiger charge is 2.52. The molecule has 3 nitrogen and oxygen atoms in total. The third kappa shape index (κ3) is 3.63. The number of rotatable bonds is 6. The minimum atomic E-state index is 0.0164.